The predicted molar refractivity (Wildman–Crippen MR) is 43.8 cm³/mol. The highest BCUT2D eigenvalue weighted by atomic mass is 19.1. The molecule has 62 valence electrons. The summed E-state index contributed by atoms with van der Waals surface area (Å²) in [4.78, 5) is 0. The molecule has 2 atom stereocenters. The Morgan fingerprint density at radius 1 is 1.20 bits per heavy atom. The van der Waals surface area contributed by atoms with Crippen LogP contribution in [-0.4, -0.2) is 6.17 Å². The molecule has 0 amide bonds. The summed E-state index contributed by atoms with van der Waals surface area (Å²) in [7, 11) is 0. The van der Waals surface area contributed by atoms with Crippen LogP contribution < -0.4 is 0 Å². The van der Waals surface area contributed by atoms with E-state index in [1.807, 2.05) is 0 Å². The topological polar surface area (TPSA) is 0 Å². The van der Waals surface area contributed by atoms with Gasteiger partial charge in [-0.05, 0) is 25.2 Å². The van der Waals surface area contributed by atoms with Gasteiger partial charge < -0.3 is 0 Å². The summed E-state index contributed by atoms with van der Waals surface area (Å²) >= 11 is 0. The van der Waals surface area contributed by atoms with Crippen molar-refractivity contribution >= 4 is 0 Å². The van der Waals surface area contributed by atoms with Crippen LogP contribution in [0.4, 0.5) is 4.39 Å². The molecule has 0 aliphatic carbocycles. The lowest BCUT2D eigenvalue weighted by Crippen LogP contribution is -2.18. The highest BCUT2D eigenvalue weighted by Gasteiger charge is 2.18. The Kier molecular flexibility index (Phi) is 4.67. The Hall–Kier alpha value is -0.0700. The summed E-state index contributed by atoms with van der Waals surface area (Å²) in [6, 6.07) is 0. The normalized spacial score (nSPS) is 17.4. The fourth-order valence-corrected chi connectivity index (χ4v) is 1.43. The zero-order valence-electron chi connectivity index (χ0n) is 7.52. The molecule has 1 heteroatoms. The smallest absolute Gasteiger partial charge is 0.100 e. The molecule has 0 heterocycles. The quantitative estimate of drug-likeness (QED) is 0.570. The molecule has 0 aliphatic heterocycles. The van der Waals surface area contributed by atoms with Crippen molar-refractivity contribution < 1.29 is 4.39 Å². The van der Waals surface area contributed by atoms with E-state index in [1.54, 1.807) is 6.92 Å². The molecule has 0 spiro atoms. The van der Waals surface area contributed by atoms with Gasteiger partial charge in [-0.15, -0.1) is 0 Å². The van der Waals surface area contributed by atoms with Gasteiger partial charge in [-0.1, -0.05) is 27.2 Å². The van der Waals surface area contributed by atoms with Gasteiger partial charge in [0.15, 0.2) is 0 Å². The Morgan fingerprint density at radius 2 is 1.70 bits per heavy atom. The largest absolute Gasteiger partial charge is 0.247 e. The van der Waals surface area contributed by atoms with E-state index in [4.69, 9.17) is 0 Å². The van der Waals surface area contributed by atoms with Crippen molar-refractivity contribution in [2.45, 2.75) is 46.7 Å². The maximum absolute atomic E-state index is 12.8. The van der Waals surface area contributed by atoms with Crippen LogP contribution in [0.2, 0.25) is 0 Å². The third-order valence-corrected chi connectivity index (χ3v) is 2.07. The van der Waals surface area contributed by atoms with E-state index in [1.165, 1.54) is 0 Å². The van der Waals surface area contributed by atoms with Crippen LogP contribution in [-0.2, 0) is 0 Å². The summed E-state index contributed by atoms with van der Waals surface area (Å²) < 4.78 is 12.8. The first-order chi connectivity index (χ1) is 4.59. The number of rotatable bonds is 4. The maximum atomic E-state index is 12.8. The van der Waals surface area contributed by atoms with E-state index in [9.17, 15) is 4.39 Å². The third kappa shape index (κ3) is 3.19. The molecule has 10 heavy (non-hydrogen) atoms. The van der Waals surface area contributed by atoms with Crippen LogP contribution in [0.3, 0.4) is 0 Å². The summed E-state index contributed by atoms with van der Waals surface area (Å²) in [5.74, 6) is 0.755. The summed E-state index contributed by atoms with van der Waals surface area (Å²) in [5.41, 5.74) is 0. The molecule has 0 aromatic heterocycles. The lowest BCUT2D eigenvalue weighted by atomic mass is 9.88. The minimum Gasteiger partial charge on any atom is -0.247 e. The molecule has 0 radical (unpaired) electrons. The second-order valence-electron chi connectivity index (χ2n) is 3.37. The molecule has 2 unspecified atom stereocenters. The van der Waals surface area contributed by atoms with Gasteiger partial charge in [0.2, 0.25) is 0 Å². The van der Waals surface area contributed by atoms with E-state index < -0.39 is 6.17 Å². The third-order valence-electron chi connectivity index (χ3n) is 2.07. The monoisotopic (exact) mass is 146 g/mol. The zero-order chi connectivity index (χ0) is 8.15. The molecule has 0 rings (SSSR count). The minimum atomic E-state index is -0.639. The minimum absolute atomic E-state index is 0.269. The number of halogens is 1. The Morgan fingerprint density at radius 3 is 1.80 bits per heavy atom. The van der Waals surface area contributed by atoms with Gasteiger partial charge in [-0.25, -0.2) is 4.39 Å². The lowest BCUT2D eigenvalue weighted by molar-refractivity contribution is 0.186. The van der Waals surface area contributed by atoms with Gasteiger partial charge in [-0.2, -0.15) is 0 Å². The summed E-state index contributed by atoms with van der Waals surface area (Å²) in [5, 5.41) is 0. The molecule has 0 nitrogen and oxygen atoms in total. The summed E-state index contributed by atoms with van der Waals surface area (Å²) in [6.45, 7) is 7.96. The van der Waals surface area contributed by atoms with Crippen molar-refractivity contribution in [1.82, 2.24) is 0 Å². The Balaban J connectivity index is 3.73. The molecule has 0 N–H and O–H groups in total. The second kappa shape index (κ2) is 4.70. The van der Waals surface area contributed by atoms with Gasteiger partial charge in [0, 0.05) is 0 Å². The average molecular weight is 146 g/mol. The second-order valence-corrected chi connectivity index (χ2v) is 3.37. The predicted octanol–water partition coefficient (Wildman–Crippen LogP) is 3.42. The van der Waals surface area contributed by atoms with Crippen LogP contribution in [0.15, 0.2) is 0 Å². The average Bonchev–Trinajstić information content (AvgIpc) is 1.81. The molecular formula is C9H19F. The van der Waals surface area contributed by atoms with E-state index in [-0.39, 0.29) is 5.92 Å². The van der Waals surface area contributed by atoms with Crippen LogP contribution >= 0.6 is 0 Å². The van der Waals surface area contributed by atoms with Gasteiger partial charge >= 0.3 is 0 Å². The van der Waals surface area contributed by atoms with Crippen LogP contribution in [0, 0.1) is 11.8 Å². The molecule has 0 aromatic rings. The maximum Gasteiger partial charge on any atom is 0.100 e. The van der Waals surface area contributed by atoms with E-state index in [0.717, 1.165) is 12.8 Å². The Labute approximate surface area is 63.8 Å². The van der Waals surface area contributed by atoms with E-state index >= 15 is 0 Å². The number of hydrogen-bond donors (Lipinski definition) is 0. The van der Waals surface area contributed by atoms with Crippen LogP contribution in [0.5, 0.6) is 0 Å². The highest BCUT2D eigenvalue weighted by molar-refractivity contribution is 4.67. The van der Waals surface area contributed by atoms with Gasteiger partial charge in [-0.3, -0.25) is 0 Å². The Bertz CT molecular complexity index is 68.8. The molecule has 0 bridgehead atoms. The lowest BCUT2D eigenvalue weighted by Gasteiger charge is -2.21. The molecule has 0 saturated heterocycles. The van der Waals surface area contributed by atoms with E-state index in [2.05, 4.69) is 20.8 Å². The van der Waals surface area contributed by atoms with Crippen LogP contribution in [0.25, 0.3) is 0 Å². The summed E-state index contributed by atoms with van der Waals surface area (Å²) in [6.07, 6.45) is 1.48. The number of hydrogen-bond acceptors (Lipinski definition) is 0. The molecule has 0 saturated carbocycles. The van der Waals surface area contributed by atoms with Gasteiger partial charge in [0.05, 0.1) is 0 Å². The molecule has 0 aliphatic rings. The molecule has 0 fully saturated rings. The SMILES string of the molecule is CCCC(C(C)C)C(C)F. The fourth-order valence-electron chi connectivity index (χ4n) is 1.43. The fraction of sp³-hybridized carbons (Fsp3) is 1.00. The molecular weight excluding hydrogens is 127 g/mol. The first kappa shape index (κ1) is 9.93. The van der Waals surface area contributed by atoms with Crippen molar-refractivity contribution in [3.63, 3.8) is 0 Å². The van der Waals surface area contributed by atoms with Crippen molar-refractivity contribution in [1.29, 1.82) is 0 Å². The van der Waals surface area contributed by atoms with Crippen molar-refractivity contribution in [3.8, 4) is 0 Å². The first-order valence-corrected chi connectivity index (χ1v) is 4.23. The van der Waals surface area contributed by atoms with Crippen molar-refractivity contribution in [3.05, 3.63) is 0 Å². The molecule has 0 aromatic carbocycles. The number of alkyl halides is 1. The first-order valence-electron chi connectivity index (χ1n) is 4.23. The van der Waals surface area contributed by atoms with Crippen LogP contribution in [0.1, 0.15) is 40.5 Å². The zero-order valence-corrected chi connectivity index (χ0v) is 7.52. The van der Waals surface area contributed by atoms with E-state index in [0.29, 0.717) is 5.92 Å². The highest BCUT2D eigenvalue weighted by Crippen LogP contribution is 2.22. The standard InChI is InChI=1S/C9H19F/c1-5-6-9(7(2)3)8(4)10/h7-9H,5-6H2,1-4H3. The van der Waals surface area contributed by atoms with Gasteiger partial charge in [0.1, 0.15) is 6.17 Å². The van der Waals surface area contributed by atoms with Gasteiger partial charge in [0.25, 0.3) is 0 Å². The van der Waals surface area contributed by atoms with Crippen molar-refractivity contribution in [2.75, 3.05) is 0 Å². The van der Waals surface area contributed by atoms with Crippen molar-refractivity contribution in [2.24, 2.45) is 11.8 Å².